The highest BCUT2D eigenvalue weighted by atomic mass is 32.2. The number of hydrogen-bond donors (Lipinski definition) is 3. The quantitative estimate of drug-likeness (QED) is 0.740. The minimum atomic E-state index is -0.427. The summed E-state index contributed by atoms with van der Waals surface area (Å²) in [6.07, 6.45) is 4.67. The molecule has 0 saturated heterocycles. The van der Waals surface area contributed by atoms with Crippen LogP contribution < -0.4 is 16.6 Å². The molecule has 126 valence electrons. The van der Waals surface area contributed by atoms with Gasteiger partial charge in [0.2, 0.25) is 0 Å². The topological polar surface area (TPSA) is 101 Å². The highest BCUT2D eigenvalue weighted by Gasteiger charge is 2.19. The van der Waals surface area contributed by atoms with Crippen molar-refractivity contribution in [2.45, 2.75) is 43.0 Å². The Morgan fingerprint density at radius 1 is 1.29 bits per heavy atom. The van der Waals surface area contributed by atoms with Crippen molar-refractivity contribution in [2.24, 2.45) is 0 Å². The molecule has 0 bridgehead atoms. The van der Waals surface area contributed by atoms with Crippen LogP contribution in [0.2, 0.25) is 0 Å². The van der Waals surface area contributed by atoms with Gasteiger partial charge in [0, 0.05) is 10.8 Å². The van der Waals surface area contributed by atoms with Crippen molar-refractivity contribution in [1.82, 2.24) is 9.97 Å². The molecule has 24 heavy (non-hydrogen) atoms. The average Bonchev–Trinajstić information content (AvgIpc) is 3.04. The first-order chi connectivity index (χ1) is 11.5. The van der Waals surface area contributed by atoms with Gasteiger partial charge in [-0.25, -0.2) is 4.98 Å². The summed E-state index contributed by atoms with van der Waals surface area (Å²) in [6.45, 7) is 1.94. The van der Waals surface area contributed by atoms with Crippen LogP contribution in [0.4, 0.5) is 11.5 Å². The fraction of sp³-hybridized carbons (Fsp3) is 0.353. The minimum absolute atomic E-state index is 0.00338. The molecule has 0 atom stereocenters. The molecular weight excluding hydrogens is 324 g/mol. The van der Waals surface area contributed by atoms with Crippen LogP contribution in [-0.4, -0.2) is 21.1 Å². The highest BCUT2D eigenvalue weighted by Crippen LogP contribution is 2.33. The minimum Gasteiger partial charge on any atom is -0.382 e. The van der Waals surface area contributed by atoms with Gasteiger partial charge < -0.3 is 11.1 Å². The van der Waals surface area contributed by atoms with E-state index in [2.05, 4.69) is 15.3 Å². The van der Waals surface area contributed by atoms with Crippen molar-refractivity contribution in [3.05, 3.63) is 45.7 Å². The Morgan fingerprint density at radius 3 is 2.58 bits per heavy atom. The van der Waals surface area contributed by atoms with Crippen molar-refractivity contribution in [3.8, 4) is 0 Å². The number of hydrogen-bond acceptors (Lipinski definition) is 5. The second kappa shape index (κ2) is 7.09. The van der Waals surface area contributed by atoms with Crippen LogP contribution in [0.25, 0.3) is 0 Å². The maximum atomic E-state index is 12.3. The number of amides is 1. The van der Waals surface area contributed by atoms with E-state index in [1.54, 1.807) is 23.9 Å². The Labute approximate surface area is 144 Å². The van der Waals surface area contributed by atoms with Crippen molar-refractivity contribution >= 4 is 29.2 Å². The third-order valence-corrected chi connectivity index (χ3v) is 5.28. The van der Waals surface area contributed by atoms with Crippen LogP contribution >= 0.6 is 11.8 Å². The molecule has 2 aromatic rings. The summed E-state index contributed by atoms with van der Waals surface area (Å²) in [5.74, 6) is -0.343. The monoisotopic (exact) mass is 344 g/mol. The Balaban J connectivity index is 1.76. The molecule has 1 aromatic carbocycles. The van der Waals surface area contributed by atoms with Crippen LogP contribution in [0, 0.1) is 6.92 Å². The Kier molecular flexibility index (Phi) is 4.89. The van der Waals surface area contributed by atoms with Crippen LogP contribution in [0.15, 0.2) is 34.2 Å². The highest BCUT2D eigenvalue weighted by molar-refractivity contribution is 7.99. The standard InChI is InChI=1S/C17H20N4O2S/c1-10-6-8-11(9-7-10)15(22)19-13-14(18)20-17(21-16(13)23)24-12-4-2-3-5-12/h6-9,12H,2-5H2,1H3,(H,19,22)(H3,18,20,21,23). The fourth-order valence-electron chi connectivity index (χ4n) is 2.70. The van der Waals surface area contributed by atoms with Gasteiger partial charge >= 0.3 is 0 Å². The summed E-state index contributed by atoms with van der Waals surface area (Å²) in [5.41, 5.74) is 6.97. The number of aromatic nitrogens is 2. The summed E-state index contributed by atoms with van der Waals surface area (Å²) in [4.78, 5) is 31.4. The Hall–Kier alpha value is -2.28. The lowest BCUT2D eigenvalue weighted by Gasteiger charge is -2.11. The molecule has 4 N–H and O–H groups in total. The number of anilines is 2. The van der Waals surface area contributed by atoms with Crippen molar-refractivity contribution in [3.63, 3.8) is 0 Å². The molecule has 1 heterocycles. The van der Waals surface area contributed by atoms with Crippen molar-refractivity contribution in [1.29, 1.82) is 0 Å². The van der Waals surface area contributed by atoms with Crippen LogP contribution in [-0.2, 0) is 0 Å². The molecule has 1 aliphatic rings. The zero-order valence-corrected chi connectivity index (χ0v) is 14.3. The molecule has 1 fully saturated rings. The number of rotatable bonds is 4. The summed E-state index contributed by atoms with van der Waals surface area (Å²) in [5, 5.41) is 3.54. The number of nitrogens with one attached hydrogen (secondary N) is 2. The van der Waals surface area contributed by atoms with E-state index in [0.29, 0.717) is 16.0 Å². The molecule has 1 amide bonds. The zero-order chi connectivity index (χ0) is 17.1. The molecule has 0 aliphatic heterocycles. The van der Waals surface area contributed by atoms with Gasteiger partial charge in [-0.15, -0.1) is 0 Å². The second-order valence-electron chi connectivity index (χ2n) is 5.98. The number of H-pyrrole nitrogens is 1. The van der Waals surface area contributed by atoms with E-state index >= 15 is 0 Å². The molecule has 0 unspecified atom stereocenters. The molecule has 1 aromatic heterocycles. The average molecular weight is 344 g/mol. The second-order valence-corrected chi connectivity index (χ2v) is 7.26. The van der Waals surface area contributed by atoms with Gasteiger partial charge in [-0.2, -0.15) is 0 Å². The van der Waals surface area contributed by atoms with Gasteiger partial charge in [-0.05, 0) is 31.9 Å². The number of benzene rings is 1. The van der Waals surface area contributed by atoms with E-state index in [4.69, 9.17) is 5.73 Å². The molecule has 0 spiro atoms. The predicted molar refractivity (Wildman–Crippen MR) is 96.5 cm³/mol. The van der Waals surface area contributed by atoms with Gasteiger partial charge in [-0.1, -0.05) is 42.3 Å². The van der Waals surface area contributed by atoms with E-state index in [1.165, 1.54) is 12.8 Å². The SMILES string of the molecule is Cc1ccc(C(=O)Nc2c(N)nc(SC3CCCC3)[nH]c2=O)cc1. The number of nitrogens with two attached hydrogens (primary N) is 1. The molecular formula is C17H20N4O2S. The van der Waals surface area contributed by atoms with Gasteiger partial charge in [0.05, 0.1) is 0 Å². The number of aryl methyl sites for hydroxylation is 1. The number of thioether (sulfide) groups is 1. The third kappa shape index (κ3) is 3.79. The van der Waals surface area contributed by atoms with E-state index in [9.17, 15) is 9.59 Å². The summed E-state index contributed by atoms with van der Waals surface area (Å²) < 4.78 is 0. The van der Waals surface area contributed by atoms with E-state index < -0.39 is 5.56 Å². The van der Waals surface area contributed by atoms with Crippen LogP contribution in [0.3, 0.4) is 0 Å². The first-order valence-electron chi connectivity index (χ1n) is 7.97. The Morgan fingerprint density at radius 2 is 1.96 bits per heavy atom. The predicted octanol–water partition coefficient (Wildman–Crippen LogP) is 2.95. The smallest absolute Gasteiger partial charge is 0.277 e. The number of carbonyl (C=O) groups excluding carboxylic acids is 1. The lowest BCUT2D eigenvalue weighted by atomic mass is 10.1. The Bertz CT molecular complexity index is 795. The number of carbonyl (C=O) groups is 1. The van der Waals surface area contributed by atoms with Crippen LogP contribution in [0.1, 0.15) is 41.6 Å². The molecule has 7 heteroatoms. The van der Waals surface area contributed by atoms with Gasteiger partial charge in [-0.3, -0.25) is 14.6 Å². The summed E-state index contributed by atoms with van der Waals surface area (Å²) >= 11 is 1.55. The fourth-order valence-corrected chi connectivity index (χ4v) is 3.89. The third-order valence-electron chi connectivity index (χ3n) is 4.06. The number of nitrogens with zero attached hydrogens (tertiary/aromatic N) is 1. The molecule has 3 rings (SSSR count). The summed E-state index contributed by atoms with van der Waals surface area (Å²) in [6, 6.07) is 7.07. The normalized spacial score (nSPS) is 14.7. The van der Waals surface area contributed by atoms with E-state index in [0.717, 1.165) is 18.4 Å². The summed E-state index contributed by atoms with van der Waals surface area (Å²) in [7, 11) is 0. The van der Waals surface area contributed by atoms with E-state index in [1.807, 2.05) is 19.1 Å². The first kappa shape index (κ1) is 16.6. The molecule has 1 aliphatic carbocycles. The van der Waals surface area contributed by atoms with Crippen molar-refractivity contribution in [2.75, 3.05) is 11.1 Å². The van der Waals surface area contributed by atoms with Gasteiger partial charge in [0.1, 0.15) is 5.69 Å². The molecule has 0 radical (unpaired) electrons. The van der Waals surface area contributed by atoms with Crippen molar-refractivity contribution < 1.29 is 4.79 Å². The van der Waals surface area contributed by atoms with E-state index in [-0.39, 0.29) is 17.4 Å². The number of aromatic amines is 1. The lowest BCUT2D eigenvalue weighted by molar-refractivity contribution is 0.102. The van der Waals surface area contributed by atoms with Crippen LogP contribution in [0.5, 0.6) is 0 Å². The lowest BCUT2D eigenvalue weighted by Crippen LogP contribution is -2.23. The maximum Gasteiger partial charge on any atom is 0.277 e. The van der Waals surface area contributed by atoms with Gasteiger partial charge in [0.25, 0.3) is 11.5 Å². The van der Waals surface area contributed by atoms with Gasteiger partial charge in [0.15, 0.2) is 11.0 Å². The first-order valence-corrected chi connectivity index (χ1v) is 8.85. The maximum absolute atomic E-state index is 12.3. The number of nitrogen functional groups attached to an aromatic ring is 1. The largest absolute Gasteiger partial charge is 0.382 e. The molecule has 6 nitrogen and oxygen atoms in total. The molecule has 1 saturated carbocycles. The zero-order valence-electron chi connectivity index (χ0n) is 13.5.